The summed E-state index contributed by atoms with van der Waals surface area (Å²) < 4.78 is 17.2. The smallest absolute Gasteiger partial charge is 0.420 e. The number of alkyl carbamates (subject to hydrolysis) is 1. The fourth-order valence-corrected chi connectivity index (χ4v) is 5.46. The van der Waals surface area contributed by atoms with Crippen LogP contribution in [0.5, 0.6) is 0 Å². The van der Waals surface area contributed by atoms with Crippen molar-refractivity contribution >= 4 is 29.8 Å². The van der Waals surface area contributed by atoms with E-state index in [9.17, 15) is 34.7 Å². The molecule has 2 atom stereocenters. The number of ether oxygens (including phenoxy) is 3. The van der Waals surface area contributed by atoms with Gasteiger partial charge in [-0.15, -0.1) is 0 Å². The first-order valence-electron chi connectivity index (χ1n) is 14.9. The minimum absolute atomic E-state index is 0.00943. The normalized spacial score (nSPS) is 13.4. The molecule has 0 aliphatic heterocycles. The van der Waals surface area contributed by atoms with Crippen LogP contribution in [-0.4, -0.2) is 62.2 Å². The third-order valence-corrected chi connectivity index (χ3v) is 7.52. The van der Waals surface area contributed by atoms with E-state index in [1.165, 1.54) is 30.5 Å². The van der Waals surface area contributed by atoms with E-state index in [-0.39, 0.29) is 29.5 Å². The number of anilines is 1. The van der Waals surface area contributed by atoms with E-state index in [4.69, 9.17) is 14.2 Å². The Bertz CT molecular complexity index is 1780. The Morgan fingerprint density at radius 1 is 0.979 bits per heavy atom. The van der Waals surface area contributed by atoms with Crippen molar-refractivity contribution in [3.05, 3.63) is 113 Å². The second kappa shape index (κ2) is 13.9. The predicted molar refractivity (Wildman–Crippen MR) is 170 cm³/mol. The summed E-state index contributed by atoms with van der Waals surface area (Å²) in [6.45, 7) is 4.72. The van der Waals surface area contributed by atoms with Crippen molar-refractivity contribution in [2.75, 3.05) is 11.8 Å². The number of hydrogen-bond donors (Lipinski definition) is 3. The number of aliphatic carboxylic acids is 1. The van der Waals surface area contributed by atoms with Crippen LogP contribution in [0.2, 0.25) is 0 Å². The zero-order chi connectivity index (χ0) is 34.6. The van der Waals surface area contributed by atoms with Crippen LogP contribution >= 0.6 is 0 Å². The van der Waals surface area contributed by atoms with Crippen LogP contribution in [0.4, 0.5) is 15.3 Å². The van der Waals surface area contributed by atoms with Crippen molar-refractivity contribution in [2.24, 2.45) is 0 Å². The highest BCUT2D eigenvalue weighted by Crippen LogP contribution is 2.44. The molecule has 1 aromatic heterocycles. The Hall–Kier alpha value is -5.73. The van der Waals surface area contributed by atoms with E-state index in [0.717, 1.165) is 33.1 Å². The predicted octanol–water partition coefficient (Wildman–Crippen LogP) is 5.18. The summed E-state index contributed by atoms with van der Waals surface area (Å²) in [6, 6.07) is 19.4. The van der Waals surface area contributed by atoms with E-state index >= 15 is 0 Å². The van der Waals surface area contributed by atoms with Crippen LogP contribution in [0, 0.1) is 5.21 Å². The minimum Gasteiger partial charge on any atom is -0.733 e. The van der Waals surface area contributed by atoms with E-state index in [1.807, 2.05) is 48.5 Å². The summed E-state index contributed by atoms with van der Waals surface area (Å²) >= 11 is 0. The van der Waals surface area contributed by atoms with Crippen molar-refractivity contribution < 1.29 is 43.7 Å². The number of carbonyl (C=O) groups is 4. The lowest BCUT2D eigenvalue weighted by atomic mass is 9.98. The second-order valence-corrected chi connectivity index (χ2v) is 11.9. The average molecular weight is 658 g/mol. The number of rotatable bonds is 10. The summed E-state index contributed by atoms with van der Waals surface area (Å²) in [5.41, 5.74) is 2.50. The summed E-state index contributed by atoms with van der Waals surface area (Å²) in [7, 11) is 0. The number of carboxylic acid groups (broad SMARTS) is 1. The highest BCUT2D eigenvalue weighted by atomic mass is 16.8. The van der Waals surface area contributed by atoms with Gasteiger partial charge in [0.25, 0.3) is 0 Å². The van der Waals surface area contributed by atoms with Crippen molar-refractivity contribution in [3.63, 3.8) is 0 Å². The molecule has 1 unspecified atom stereocenters. The van der Waals surface area contributed by atoms with Gasteiger partial charge in [-0.1, -0.05) is 66.7 Å². The molecular weight excluding hydrogens is 624 g/mol. The number of carbonyl (C=O) groups excluding carboxylic acids is 3. The van der Waals surface area contributed by atoms with Gasteiger partial charge in [0.2, 0.25) is 6.10 Å². The molecule has 0 saturated carbocycles. The number of imidazole rings is 1. The molecule has 0 fully saturated rings. The van der Waals surface area contributed by atoms with E-state index in [2.05, 4.69) is 10.3 Å². The third-order valence-electron chi connectivity index (χ3n) is 7.52. The molecule has 3 aromatic carbocycles. The Morgan fingerprint density at radius 3 is 2.19 bits per heavy atom. The molecule has 0 bridgehead atoms. The molecule has 1 aliphatic rings. The van der Waals surface area contributed by atoms with Crippen LogP contribution in [-0.2, 0) is 30.2 Å². The zero-order valence-electron chi connectivity index (χ0n) is 26.2. The van der Waals surface area contributed by atoms with Crippen LogP contribution in [0.15, 0.2) is 85.3 Å². The first kappa shape index (κ1) is 33.6. The maximum atomic E-state index is 13.4. The largest absolute Gasteiger partial charge is 0.733 e. The molecule has 1 heterocycles. The van der Waals surface area contributed by atoms with Crippen LogP contribution in [0.1, 0.15) is 55.2 Å². The number of amides is 1. The minimum atomic E-state index is -1.80. The molecule has 1 aliphatic carbocycles. The molecule has 0 radical (unpaired) electrons. The number of benzene rings is 3. The first-order valence-corrected chi connectivity index (χ1v) is 14.9. The summed E-state index contributed by atoms with van der Waals surface area (Å²) in [5.74, 6) is -2.69. The van der Waals surface area contributed by atoms with Crippen LogP contribution < -0.4 is 10.5 Å². The second-order valence-electron chi connectivity index (χ2n) is 11.9. The van der Waals surface area contributed by atoms with Gasteiger partial charge in [0.1, 0.15) is 24.6 Å². The fraction of sp³-hybridized carbons (Fsp3) is 0.265. The van der Waals surface area contributed by atoms with Crippen molar-refractivity contribution in [3.8, 4) is 11.1 Å². The lowest BCUT2D eigenvalue weighted by Crippen LogP contribution is -2.43. The summed E-state index contributed by atoms with van der Waals surface area (Å²) in [5, 5.41) is 33.2. The monoisotopic (exact) mass is 657 g/mol. The molecule has 4 aromatic rings. The van der Waals surface area contributed by atoms with Crippen LogP contribution in [0.25, 0.3) is 11.1 Å². The number of esters is 1. The van der Waals surface area contributed by atoms with Crippen molar-refractivity contribution in [2.45, 2.75) is 50.9 Å². The highest BCUT2D eigenvalue weighted by molar-refractivity contribution is 5.84. The number of nitrogens with zero attached hydrogens (tertiary/aromatic N) is 3. The number of carboxylic acids is 1. The molecule has 250 valence electrons. The van der Waals surface area contributed by atoms with Crippen molar-refractivity contribution in [1.29, 1.82) is 0 Å². The SMILES string of the molecule is CC(C)(C)OC(=O)C(OC(=O)n1cncc1C[C@H](NC(=O)OCC1c2ccccc2-c2ccccc21)C(=O)O)c1ccccc1N([O-])O. The number of nitrogens with one attached hydrogen (secondary N) is 1. The lowest BCUT2D eigenvalue weighted by molar-refractivity contribution is -0.165. The molecule has 14 heteroatoms. The number of fused-ring (bicyclic) bond motifs is 3. The van der Waals surface area contributed by atoms with Gasteiger partial charge in [0, 0.05) is 24.1 Å². The van der Waals surface area contributed by atoms with E-state index < -0.39 is 53.5 Å². The van der Waals surface area contributed by atoms with Gasteiger partial charge >= 0.3 is 24.1 Å². The Morgan fingerprint density at radius 2 is 1.58 bits per heavy atom. The fourth-order valence-electron chi connectivity index (χ4n) is 5.46. The standard InChI is InChI=1S/C34H33N4O10/c1-34(2,3)48-31(41)29(25-14-8-9-15-28(25)38(44)45)47-33(43)37-19-35-17-20(37)16-27(30(39)40)36-32(42)46-18-26-23-12-6-4-10-21(23)22-11-5-7-13-24(22)26/h4-15,17,19,26-27,29,44H,16,18H2,1-3H3,(H,36,42)(H,39,40)/q-1/t27-,29?/m0/s1. The van der Waals surface area contributed by atoms with Crippen LogP contribution in [0.3, 0.4) is 0 Å². The number of aromatic nitrogens is 2. The Balaban J connectivity index is 1.29. The first-order chi connectivity index (χ1) is 22.8. The molecule has 0 spiro atoms. The zero-order valence-corrected chi connectivity index (χ0v) is 26.2. The van der Waals surface area contributed by atoms with Gasteiger partial charge in [0.15, 0.2) is 0 Å². The van der Waals surface area contributed by atoms with Gasteiger partial charge in [-0.25, -0.2) is 28.7 Å². The highest BCUT2D eigenvalue weighted by Gasteiger charge is 2.34. The topological polar surface area (TPSA) is 193 Å². The lowest BCUT2D eigenvalue weighted by Gasteiger charge is -2.29. The number of hydrogen-bond acceptors (Lipinski definition) is 11. The maximum absolute atomic E-state index is 13.4. The summed E-state index contributed by atoms with van der Waals surface area (Å²) in [4.78, 5) is 55.4. The summed E-state index contributed by atoms with van der Waals surface area (Å²) in [6.07, 6.45) is -2.15. The Kier molecular flexibility index (Phi) is 9.77. The molecule has 48 heavy (non-hydrogen) atoms. The van der Waals surface area contributed by atoms with Gasteiger partial charge in [-0.3, -0.25) is 5.21 Å². The maximum Gasteiger partial charge on any atom is 0.420 e. The van der Waals surface area contributed by atoms with Gasteiger partial charge in [0.05, 0.1) is 11.4 Å². The Labute approximate surface area is 275 Å². The molecule has 14 nitrogen and oxygen atoms in total. The van der Waals surface area contributed by atoms with Gasteiger partial charge in [-0.05, 0) is 49.1 Å². The van der Waals surface area contributed by atoms with Gasteiger partial charge < -0.3 is 35.1 Å². The molecule has 0 saturated heterocycles. The quantitative estimate of drug-likeness (QED) is 0.115. The molecule has 1 amide bonds. The van der Waals surface area contributed by atoms with E-state index in [1.54, 1.807) is 20.8 Å². The molecule has 3 N–H and O–H groups in total. The third kappa shape index (κ3) is 7.45. The van der Waals surface area contributed by atoms with Gasteiger partial charge in [-0.2, -0.15) is 0 Å². The van der Waals surface area contributed by atoms with Crippen molar-refractivity contribution in [1.82, 2.24) is 14.9 Å². The van der Waals surface area contributed by atoms with E-state index in [0.29, 0.717) is 0 Å². The molecule has 5 rings (SSSR count). The average Bonchev–Trinajstić information content (AvgIpc) is 3.64. The molecular formula is C34H33N4O10-. The number of para-hydroxylation sites is 1.